The normalized spacial score (nSPS) is 17.8. The molecular formula is C21H24N2O4S. The van der Waals surface area contributed by atoms with E-state index in [4.69, 9.17) is 14.7 Å². The average Bonchev–Trinajstić information content (AvgIpc) is 2.74. The molecule has 2 aromatic rings. The van der Waals surface area contributed by atoms with Crippen LogP contribution in [-0.4, -0.2) is 39.5 Å². The fourth-order valence-electron chi connectivity index (χ4n) is 3.30. The quantitative estimate of drug-likeness (QED) is 0.713. The Kier molecular flexibility index (Phi) is 6.68. The molecule has 1 heterocycles. The van der Waals surface area contributed by atoms with Crippen LogP contribution in [0.25, 0.3) is 0 Å². The van der Waals surface area contributed by atoms with Crippen LogP contribution in [-0.2, 0) is 21.4 Å². The molecule has 6 nitrogen and oxygen atoms in total. The lowest BCUT2D eigenvalue weighted by molar-refractivity contribution is 0.0672. The number of hydrogen-bond donors (Lipinski definition) is 0. The van der Waals surface area contributed by atoms with Gasteiger partial charge in [-0.3, -0.25) is 0 Å². The van der Waals surface area contributed by atoms with Crippen LogP contribution in [0.1, 0.15) is 24.0 Å². The monoisotopic (exact) mass is 400 g/mol. The number of nitriles is 1. The van der Waals surface area contributed by atoms with Crippen molar-refractivity contribution in [3.05, 3.63) is 59.7 Å². The van der Waals surface area contributed by atoms with Gasteiger partial charge >= 0.3 is 0 Å². The van der Waals surface area contributed by atoms with Crippen molar-refractivity contribution in [1.29, 1.82) is 5.26 Å². The molecule has 1 fully saturated rings. The molecular weight excluding hydrogens is 376 g/mol. The molecule has 0 aliphatic carbocycles. The molecule has 1 atom stereocenters. The highest BCUT2D eigenvalue weighted by molar-refractivity contribution is 7.89. The van der Waals surface area contributed by atoms with E-state index in [-0.39, 0.29) is 10.8 Å². The van der Waals surface area contributed by atoms with Crippen LogP contribution in [0.5, 0.6) is 5.75 Å². The molecule has 0 saturated carbocycles. The molecule has 0 aromatic heterocycles. The van der Waals surface area contributed by atoms with E-state index >= 15 is 0 Å². The minimum atomic E-state index is -3.51. The van der Waals surface area contributed by atoms with Crippen LogP contribution in [0.4, 0.5) is 0 Å². The number of benzene rings is 2. The zero-order valence-corrected chi connectivity index (χ0v) is 16.7. The van der Waals surface area contributed by atoms with Crippen LogP contribution >= 0.6 is 0 Å². The van der Waals surface area contributed by atoms with E-state index in [9.17, 15) is 8.42 Å². The maximum atomic E-state index is 12.9. The third-order valence-electron chi connectivity index (χ3n) is 4.88. The second kappa shape index (κ2) is 9.20. The molecule has 0 N–H and O–H groups in total. The Bertz CT molecular complexity index is 918. The van der Waals surface area contributed by atoms with Crippen LogP contribution in [0.2, 0.25) is 0 Å². The number of methoxy groups -OCH3 is 1. The number of rotatable bonds is 7. The first-order valence-electron chi connectivity index (χ1n) is 9.24. The molecule has 0 amide bonds. The minimum absolute atomic E-state index is 0.167. The van der Waals surface area contributed by atoms with E-state index < -0.39 is 10.0 Å². The summed E-state index contributed by atoms with van der Waals surface area (Å²) in [7, 11) is -1.96. The number of sulfonamides is 1. The van der Waals surface area contributed by atoms with Crippen molar-refractivity contribution >= 4 is 10.0 Å². The van der Waals surface area contributed by atoms with Gasteiger partial charge in [-0.1, -0.05) is 12.1 Å². The van der Waals surface area contributed by atoms with E-state index in [0.717, 1.165) is 18.4 Å². The fraction of sp³-hybridized carbons (Fsp3) is 0.381. The third-order valence-corrected chi connectivity index (χ3v) is 6.76. The SMILES string of the molecule is COc1ccc(S(=O)(=O)N2CCCC(COCc3ccc(C#N)cc3)C2)cc1. The van der Waals surface area contributed by atoms with Crippen molar-refractivity contribution < 1.29 is 17.9 Å². The molecule has 2 aromatic carbocycles. The van der Waals surface area contributed by atoms with Crippen LogP contribution in [0, 0.1) is 17.2 Å². The molecule has 0 radical (unpaired) electrons. The summed E-state index contributed by atoms with van der Waals surface area (Å²) in [6, 6.07) is 15.9. The molecule has 1 aliphatic rings. The van der Waals surface area contributed by atoms with Crippen molar-refractivity contribution in [2.24, 2.45) is 5.92 Å². The number of nitrogens with zero attached hydrogens (tertiary/aromatic N) is 2. The summed E-state index contributed by atoms with van der Waals surface area (Å²) in [5, 5.41) is 8.83. The van der Waals surface area contributed by atoms with Crippen molar-refractivity contribution in [2.75, 3.05) is 26.8 Å². The molecule has 1 unspecified atom stereocenters. The van der Waals surface area contributed by atoms with Gasteiger partial charge in [-0.15, -0.1) is 0 Å². The van der Waals surface area contributed by atoms with Gasteiger partial charge in [0.2, 0.25) is 10.0 Å². The molecule has 28 heavy (non-hydrogen) atoms. The van der Waals surface area contributed by atoms with Gasteiger partial charge in [0.25, 0.3) is 0 Å². The highest BCUT2D eigenvalue weighted by atomic mass is 32.2. The highest BCUT2D eigenvalue weighted by Gasteiger charge is 2.30. The molecule has 0 bridgehead atoms. The zero-order chi connectivity index (χ0) is 20.0. The van der Waals surface area contributed by atoms with Gasteiger partial charge in [0.05, 0.1) is 36.9 Å². The van der Waals surface area contributed by atoms with Crippen molar-refractivity contribution in [1.82, 2.24) is 4.31 Å². The lowest BCUT2D eigenvalue weighted by atomic mass is 10.0. The van der Waals surface area contributed by atoms with Gasteiger partial charge in [0, 0.05) is 13.1 Å². The first-order valence-corrected chi connectivity index (χ1v) is 10.7. The van der Waals surface area contributed by atoms with Crippen molar-refractivity contribution in [3.63, 3.8) is 0 Å². The summed E-state index contributed by atoms with van der Waals surface area (Å²) in [6.45, 7) is 1.95. The summed E-state index contributed by atoms with van der Waals surface area (Å²) < 4.78 is 38.3. The van der Waals surface area contributed by atoms with E-state index in [1.165, 1.54) is 0 Å². The zero-order valence-electron chi connectivity index (χ0n) is 15.9. The van der Waals surface area contributed by atoms with E-state index in [1.807, 2.05) is 12.1 Å². The number of ether oxygens (including phenoxy) is 2. The summed E-state index contributed by atoms with van der Waals surface area (Å²) in [4.78, 5) is 0.285. The van der Waals surface area contributed by atoms with Crippen LogP contribution < -0.4 is 4.74 Å². The number of hydrogen-bond acceptors (Lipinski definition) is 5. The van der Waals surface area contributed by atoms with Gasteiger partial charge in [0.1, 0.15) is 5.75 Å². The molecule has 148 valence electrons. The Morgan fingerprint density at radius 2 is 1.86 bits per heavy atom. The maximum Gasteiger partial charge on any atom is 0.243 e. The Morgan fingerprint density at radius 1 is 1.14 bits per heavy atom. The van der Waals surface area contributed by atoms with E-state index in [0.29, 0.717) is 37.6 Å². The lowest BCUT2D eigenvalue weighted by Crippen LogP contribution is -2.41. The fourth-order valence-corrected chi connectivity index (χ4v) is 4.85. The smallest absolute Gasteiger partial charge is 0.243 e. The summed E-state index contributed by atoms with van der Waals surface area (Å²) in [6.07, 6.45) is 1.77. The predicted octanol–water partition coefficient (Wildman–Crippen LogP) is 3.18. The first-order chi connectivity index (χ1) is 13.5. The van der Waals surface area contributed by atoms with E-state index in [1.54, 1.807) is 47.8 Å². The largest absolute Gasteiger partial charge is 0.497 e. The summed E-state index contributed by atoms with van der Waals surface area (Å²) in [5.74, 6) is 0.798. The minimum Gasteiger partial charge on any atom is -0.497 e. The molecule has 1 aliphatic heterocycles. The second-order valence-corrected chi connectivity index (χ2v) is 8.81. The molecule has 3 rings (SSSR count). The Labute approximate surface area is 166 Å². The summed E-state index contributed by atoms with van der Waals surface area (Å²) in [5.41, 5.74) is 1.62. The molecule has 0 spiro atoms. The van der Waals surface area contributed by atoms with E-state index in [2.05, 4.69) is 6.07 Å². The Morgan fingerprint density at radius 3 is 2.50 bits per heavy atom. The molecule has 7 heteroatoms. The van der Waals surface area contributed by atoms with Crippen LogP contribution in [0.3, 0.4) is 0 Å². The van der Waals surface area contributed by atoms with Gasteiger partial charge in [-0.25, -0.2) is 8.42 Å². The Hall–Kier alpha value is -2.40. The lowest BCUT2D eigenvalue weighted by Gasteiger charge is -2.31. The second-order valence-electron chi connectivity index (χ2n) is 6.87. The Balaban J connectivity index is 1.56. The maximum absolute atomic E-state index is 12.9. The third kappa shape index (κ3) is 4.90. The number of piperidine rings is 1. The van der Waals surface area contributed by atoms with Gasteiger partial charge in [0.15, 0.2) is 0 Å². The average molecular weight is 401 g/mol. The first kappa shape index (κ1) is 20.3. The van der Waals surface area contributed by atoms with Gasteiger partial charge in [-0.05, 0) is 60.7 Å². The molecule has 1 saturated heterocycles. The predicted molar refractivity (Wildman–Crippen MR) is 105 cm³/mol. The summed E-state index contributed by atoms with van der Waals surface area (Å²) >= 11 is 0. The highest BCUT2D eigenvalue weighted by Crippen LogP contribution is 2.25. The van der Waals surface area contributed by atoms with Gasteiger partial charge in [-0.2, -0.15) is 9.57 Å². The van der Waals surface area contributed by atoms with Crippen LogP contribution in [0.15, 0.2) is 53.4 Å². The standard InChI is InChI=1S/C21H24N2O4S/c1-26-20-8-10-21(11-9-20)28(24,25)23-12-2-3-19(14-23)16-27-15-18-6-4-17(13-22)5-7-18/h4-11,19H,2-3,12,14-16H2,1H3. The van der Waals surface area contributed by atoms with Crippen molar-refractivity contribution in [2.45, 2.75) is 24.3 Å². The van der Waals surface area contributed by atoms with Crippen molar-refractivity contribution in [3.8, 4) is 11.8 Å². The van der Waals surface area contributed by atoms with Gasteiger partial charge < -0.3 is 9.47 Å². The topological polar surface area (TPSA) is 79.6 Å².